The van der Waals surface area contributed by atoms with Crippen molar-refractivity contribution in [3.63, 3.8) is 0 Å². The van der Waals surface area contributed by atoms with Crippen LogP contribution in [0.3, 0.4) is 0 Å². The Balaban J connectivity index is 1.60. The van der Waals surface area contributed by atoms with Crippen LogP contribution in [0.15, 0.2) is 53.3 Å². The van der Waals surface area contributed by atoms with Gasteiger partial charge in [-0.05, 0) is 34.7 Å². The number of hydrogen-bond donors (Lipinski definition) is 3. The zero-order valence-corrected chi connectivity index (χ0v) is 15.7. The molecule has 0 aliphatic heterocycles. The van der Waals surface area contributed by atoms with Crippen molar-refractivity contribution >= 4 is 0 Å². The lowest BCUT2D eigenvalue weighted by atomic mass is 9.96. The fourth-order valence-electron chi connectivity index (χ4n) is 3.39. The molecule has 3 N–H and O–H groups in total. The first-order valence-corrected chi connectivity index (χ1v) is 9.47. The average molecular weight is 374 g/mol. The monoisotopic (exact) mass is 374 g/mol. The van der Waals surface area contributed by atoms with Gasteiger partial charge in [0.05, 0.1) is 0 Å². The van der Waals surface area contributed by atoms with Gasteiger partial charge >= 0.3 is 0 Å². The van der Waals surface area contributed by atoms with Crippen LogP contribution in [0.4, 0.5) is 0 Å². The fourth-order valence-corrected chi connectivity index (χ4v) is 3.39. The second kappa shape index (κ2) is 8.04. The zero-order valence-electron chi connectivity index (χ0n) is 15.7. The molecule has 0 unspecified atom stereocenters. The Kier molecular flexibility index (Phi) is 5.14. The van der Waals surface area contributed by atoms with E-state index in [9.17, 15) is 4.79 Å². The maximum Gasteiger partial charge on any atom is 0.267 e. The van der Waals surface area contributed by atoms with Crippen LogP contribution in [-0.4, -0.2) is 30.8 Å². The molecule has 0 aliphatic rings. The number of nitrogens with zero attached hydrogens (tertiary/aromatic N) is 3. The van der Waals surface area contributed by atoms with Crippen LogP contribution < -0.4 is 5.56 Å². The van der Waals surface area contributed by atoms with Crippen LogP contribution in [0.25, 0.3) is 22.5 Å². The lowest BCUT2D eigenvalue weighted by Gasteiger charge is -2.08. The minimum absolute atomic E-state index is 0.0300. The van der Waals surface area contributed by atoms with E-state index in [0.717, 1.165) is 52.8 Å². The Morgan fingerprint density at radius 1 is 0.964 bits per heavy atom. The summed E-state index contributed by atoms with van der Waals surface area (Å²) in [6, 6.07) is 16.2. The second-order valence-electron chi connectivity index (χ2n) is 6.79. The molecule has 2 aromatic carbocycles. The molecular weight excluding hydrogens is 352 g/mol. The molecule has 2 aromatic heterocycles. The van der Waals surface area contributed by atoms with E-state index in [1.165, 1.54) is 0 Å². The van der Waals surface area contributed by atoms with Crippen LogP contribution in [-0.2, 0) is 12.8 Å². The molecule has 7 nitrogen and oxygen atoms in total. The smallest absolute Gasteiger partial charge is 0.267 e. The number of aryl methyl sites for hydroxylation is 1. The van der Waals surface area contributed by atoms with Crippen molar-refractivity contribution in [2.45, 2.75) is 32.6 Å². The van der Waals surface area contributed by atoms with Crippen LogP contribution in [0.1, 0.15) is 36.6 Å². The first kappa shape index (κ1) is 17.9. The molecule has 0 aliphatic carbocycles. The van der Waals surface area contributed by atoms with Crippen molar-refractivity contribution in [2.24, 2.45) is 0 Å². The number of nitrogens with one attached hydrogen (secondary N) is 3. The predicted molar refractivity (Wildman–Crippen MR) is 108 cm³/mol. The summed E-state index contributed by atoms with van der Waals surface area (Å²) in [6.07, 6.45) is 3.67. The SMILES string of the molecule is CCCCc1[nH][nH]c(=O)c1Cc1ccc(-c2ccccc2-c2nn[nH]n2)cc1. The van der Waals surface area contributed by atoms with Gasteiger partial charge in [-0.15, -0.1) is 10.2 Å². The van der Waals surface area contributed by atoms with Crippen LogP contribution in [0, 0.1) is 0 Å². The predicted octanol–water partition coefficient (Wildman–Crippen LogP) is 3.48. The first-order chi connectivity index (χ1) is 13.8. The number of unbranched alkanes of at least 4 members (excludes halogenated alkanes) is 1. The molecule has 4 rings (SSSR count). The molecule has 0 fully saturated rings. The van der Waals surface area contributed by atoms with E-state index in [2.05, 4.69) is 62.0 Å². The van der Waals surface area contributed by atoms with Crippen molar-refractivity contribution in [1.82, 2.24) is 30.8 Å². The summed E-state index contributed by atoms with van der Waals surface area (Å²) in [6.45, 7) is 2.15. The van der Waals surface area contributed by atoms with Gasteiger partial charge < -0.3 is 5.10 Å². The largest absolute Gasteiger partial charge is 0.302 e. The van der Waals surface area contributed by atoms with E-state index in [1.54, 1.807) is 0 Å². The minimum Gasteiger partial charge on any atom is -0.302 e. The number of tetrazole rings is 1. The standard InChI is InChI=1S/C21H22N6O/c1-2-3-8-19-18(21(28)25-22-19)13-14-9-11-15(12-10-14)16-6-4-5-7-17(16)20-23-26-27-24-20/h4-7,9-12H,2-3,8,13H2,1H3,(H2,22,25,28)(H,23,24,26,27). The third-order valence-corrected chi connectivity index (χ3v) is 4.90. The van der Waals surface area contributed by atoms with Gasteiger partial charge in [0.1, 0.15) is 0 Å². The molecular formula is C21H22N6O. The Labute approximate surface area is 162 Å². The van der Waals surface area contributed by atoms with E-state index >= 15 is 0 Å². The molecule has 0 bridgehead atoms. The van der Waals surface area contributed by atoms with E-state index in [0.29, 0.717) is 12.2 Å². The quantitative estimate of drug-likeness (QED) is 0.461. The molecule has 142 valence electrons. The van der Waals surface area contributed by atoms with Gasteiger partial charge in [0.25, 0.3) is 5.56 Å². The van der Waals surface area contributed by atoms with Gasteiger partial charge in [-0.25, -0.2) is 0 Å². The van der Waals surface area contributed by atoms with E-state index in [1.807, 2.05) is 24.3 Å². The number of benzene rings is 2. The van der Waals surface area contributed by atoms with Crippen LogP contribution >= 0.6 is 0 Å². The Morgan fingerprint density at radius 3 is 2.46 bits per heavy atom. The van der Waals surface area contributed by atoms with Gasteiger partial charge in [0.15, 0.2) is 0 Å². The highest BCUT2D eigenvalue weighted by Crippen LogP contribution is 2.30. The summed E-state index contributed by atoms with van der Waals surface area (Å²) < 4.78 is 0. The summed E-state index contributed by atoms with van der Waals surface area (Å²) in [5, 5.41) is 20.1. The van der Waals surface area contributed by atoms with Crippen molar-refractivity contribution in [2.75, 3.05) is 0 Å². The van der Waals surface area contributed by atoms with Gasteiger partial charge in [-0.3, -0.25) is 9.89 Å². The third-order valence-electron chi connectivity index (χ3n) is 4.90. The van der Waals surface area contributed by atoms with Crippen LogP contribution in [0.5, 0.6) is 0 Å². The van der Waals surface area contributed by atoms with Crippen molar-refractivity contribution in [3.8, 4) is 22.5 Å². The van der Waals surface area contributed by atoms with Crippen molar-refractivity contribution in [3.05, 3.63) is 75.7 Å². The van der Waals surface area contributed by atoms with E-state index in [-0.39, 0.29) is 5.56 Å². The number of H-pyrrole nitrogens is 3. The first-order valence-electron chi connectivity index (χ1n) is 9.47. The maximum atomic E-state index is 12.2. The number of hydrogen-bond acceptors (Lipinski definition) is 4. The Hall–Kier alpha value is -3.48. The summed E-state index contributed by atoms with van der Waals surface area (Å²) in [7, 11) is 0. The molecule has 0 saturated heterocycles. The lowest BCUT2D eigenvalue weighted by Crippen LogP contribution is -2.07. The van der Waals surface area contributed by atoms with Crippen LogP contribution in [0.2, 0.25) is 0 Å². The lowest BCUT2D eigenvalue weighted by molar-refractivity contribution is 0.766. The topological polar surface area (TPSA) is 103 Å². The highest BCUT2D eigenvalue weighted by atomic mass is 16.1. The Morgan fingerprint density at radius 2 is 1.75 bits per heavy atom. The maximum absolute atomic E-state index is 12.2. The summed E-state index contributed by atoms with van der Waals surface area (Å²) >= 11 is 0. The van der Waals surface area contributed by atoms with Gasteiger partial charge in [-0.1, -0.05) is 61.9 Å². The van der Waals surface area contributed by atoms with Gasteiger partial charge in [0, 0.05) is 23.2 Å². The molecule has 7 heteroatoms. The molecule has 0 amide bonds. The normalized spacial score (nSPS) is 11.0. The fraction of sp³-hybridized carbons (Fsp3) is 0.238. The number of aromatic nitrogens is 6. The van der Waals surface area contributed by atoms with Gasteiger partial charge in [0.2, 0.25) is 5.82 Å². The highest BCUT2D eigenvalue weighted by Gasteiger charge is 2.12. The van der Waals surface area contributed by atoms with Crippen molar-refractivity contribution in [1.29, 1.82) is 0 Å². The summed E-state index contributed by atoms with van der Waals surface area (Å²) in [5.74, 6) is 0.569. The highest BCUT2D eigenvalue weighted by molar-refractivity contribution is 5.80. The molecule has 2 heterocycles. The summed E-state index contributed by atoms with van der Waals surface area (Å²) in [5.41, 5.74) is 5.94. The third kappa shape index (κ3) is 3.64. The molecule has 0 saturated carbocycles. The second-order valence-corrected chi connectivity index (χ2v) is 6.79. The van der Waals surface area contributed by atoms with Crippen molar-refractivity contribution < 1.29 is 0 Å². The molecule has 0 atom stereocenters. The minimum atomic E-state index is -0.0300. The zero-order chi connectivity index (χ0) is 19.3. The number of aromatic amines is 3. The molecule has 0 radical (unpaired) electrons. The van der Waals surface area contributed by atoms with E-state index in [4.69, 9.17) is 0 Å². The molecule has 4 aromatic rings. The van der Waals surface area contributed by atoms with Gasteiger partial charge in [-0.2, -0.15) is 5.21 Å². The van der Waals surface area contributed by atoms with E-state index < -0.39 is 0 Å². The average Bonchev–Trinajstić information content (AvgIpc) is 3.38. The molecule has 0 spiro atoms. The Bertz CT molecular complexity index is 1090. The number of rotatable bonds is 7. The molecule has 28 heavy (non-hydrogen) atoms. The summed E-state index contributed by atoms with van der Waals surface area (Å²) in [4.78, 5) is 12.2.